The van der Waals surface area contributed by atoms with Crippen LogP contribution in [0.1, 0.15) is 109 Å². The molecule has 3 heterocycles. The molecular weight excluding hydrogens is 620 g/mol. The van der Waals surface area contributed by atoms with E-state index in [9.17, 15) is 24.0 Å². The van der Waals surface area contributed by atoms with E-state index < -0.39 is 41.3 Å². The number of ketones is 1. The van der Waals surface area contributed by atoms with Crippen molar-refractivity contribution in [3.05, 3.63) is 42.7 Å². The summed E-state index contributed by atoms with van der Waals surface area (Å²) in [7, 11) is 0. The van der Waals surface area contributed by atoms with Crippen molar-refractivity contribution in [3.63, 3.8) is 0 Å². The van der Waals surface area contributed by atoms with Crippen molar-refractivity contribution in [2.45, 2.75) is 134 Å². The molecule has 5 atom stereocenters. The molecule has 1 aromatic heterocycles. The molecule has 4 fully saturated rings. The first-order chi connectivity index (χ1) is 23.6. The molecule has 11 heteroatoms. The third-order valence-corrected chi connectivity index (χ3v) is 11.5. The van der Waals surface area contributed by atoms with Gasteiger partial charge in [-0.1, -0.05) is 90.2 Å². The van der Waals surface area contributed by atoms with Crippen LogP contribution in [0.25, 0.3) is 0 Å². The molecule has 49 heavy (non-hydrogen) atoms. The van der Waals surface area contributed by atoms with Gasteiger partial charge in [-0.15, -0.1) is 6.58 Å². The van der Waals surface area contributed by atoms with Gasteiger partial charge in [0, 0.05) is 36.9 Å². The van der Waals surface area contributed by atoms with Crippen LogP contribution in [0.4, 0.5) is 4.79 Å². The fourth-order valence-corrected chi connectivity index (χ4v) is 8.65. The lowest BCUT2D eigenvalue weighted by Crippen LogP contribution is -2.60. The number of urea groups is 1. The van der Waals surface area contributed by atoms with Crippen LogP contribution < -0.4 is 21.3 Å². The Balaban J connectivity index is 1.35. The zero-order valence-electron chi connectivity index (χ0n) is 29.4. The number of nitrogens with one attached hydrogen (secondary N) is 4. The summed E-state index contributed by atoms with van der Waals surface area (Å²) in [6.45, 7) is 8.38. The molecule has 5 rings (SSSR count). The summed E-state index contributed by atoms with van der Waals surface area (Å²) < 4.78 is 0. The predicted molar refractivity (Wildman–Crippen MR) is 187 cm³/mol. The molecular formula is C38H56N6O5. The summed E-state index contributed by atoms with van der Waals surface area (Å²) in [6, 6.07) is 2.91. The average molecular weight is 677 g/mol. The number of amides is 5. The van der Waals surface area contributed by atoms with Crippen LogP contribution >= 0.6 is 0 Å². The summed E-state index contributed by atoms with van der Waals surface area (Å²) in [4.78, 5) is 74.4. The lowest BCUT2D eigenvalue weighted by atomic mass is 9.78. The largest absolute Gasteiger partial charge is 0.346 e. The lowest BCUT2D eigenvalue weighted by Gasteiger charge is -2.39. The number of pyridine rings is 1. The molecule has 0 aromatic carbocycles. The number of nitrogens with zero attached hydrogens (tertiary/aromatic N) is 2. The number of hydrogen-bond acceptors (Lipinski definition) is 6. The molecule has 2 saturated heterocycles. The minimum absolute atomic E-state index is 0.0703. The topological polar surface area (TPSA) is 150 Å². The second-order valence-corrected chi connectivity index (χ2v) is 15.4. The lowest BCUT2D eigenvalue weighted by molar-refractivity contribution is -0.144. The molecule has 0 bridgehead atoms. The Morgan fingerprint density at radius 2 is 1.65 bits per heavy atom. The molecule has 4 N–H and O–H groups in total. The third kappa shape index (κ3) is 8.89. The summed E-state index contributed by atoms with van der Waals surface area (Å²) in [5.74, 6) is -2.04. The van der Waals surface area contributed by atoms with Gasteiger partial charge >= 0.3 is 6.03 Å². The fraction of sp³-hybridized carbons (Fsp3) is 0.684. The Morgan fingerprint density at radius 3 is 2.33 bits per heavy atom. The number of carbonyl (C=O) groups excluding carboxylic acids is 5. The van der Waals surface area contributed by atoms with Crippen LogP contribution in [-0.2, 0) is 25.6 Å². The average Bonchev–Trinajstić information content (AvgIpc) is 3.38. The van der Waals surface area contributed by atoms with Crippen LogP contribution in [0.5, 0.6) is 0 Å². The molecule has 268 valence electrons. The quantitative estimate of drug-likeness (QED) is 0.238. The second kappa shape index (κ2) is 16.3. The highest BCUT2D eigenvalue weighted by Crippen LogP contribution is 2.65. The van der Waals surface area contributed by atoms with E-state index in [1.165, 1.54) is 6.08 Å². The first kappa shape index (κ1) is 36.5. The van der Waals surface area contributed by atoms with Crippen molar-refractivity contribution < 1.29 is 24.0 Å². The van der Waals surface area contributed by atoms with Crippen LogP contribution in [0.2, 0.25) is 0 Å². The molecule has 2 aliphatic carbocycles. The number of aromatic nitrogens is 1. The third-order valence-electron chi connectivity index (χ3n) is 11.5. The molecule has 1 aromatic rings. The van der Waals surface area contributed by atoms with E-state index in [1.54, 1.807) is 11.1 Å². The zero-order chi connectivity index (χ0) is 35.0. The van der Waals surface area contributed by atoms with Gasteiger partial charge < -0.3 is 26.2 Å². The van der Waals surface area contributed by atoms with E-state index >= 15 is 0 Å². The highest BCUT2D eigenvalue weighted by Gasteiger charge is 2.69. The van der Waals surface area contributed by atoms with E-state index in [-0.39, 0.29) is 35.7 Å². The first-order valence-electron chi connectivity index (χ1n) is 18.6. The Labute approximate surface area is 291 Å². The summed E-state index contributed by atoms with van der Waals surface area (Å²) >= 11 is 0. The minimum atomic E-state index is -0.978. The van der Waals surface area contributed by atoms with E-state index in [2.05, 4.69) is 46.7 Å². The van der Waals surface area contributed by atoms with Gasteiger partial charge in [-0.2, -0.15) is 0 Å². The number of piperidine rings is 1. The second-order valence-electron chi connectivity index (χ2n) is 15.4. The minimum Gasteiger partial charge on any atom is -0.346 e. The zero-order valence-corrected chi connectivity index (χ0v) is 29.4. The van der Waals surface area contributed by atoms with Crippen molar-refractivity contribution in [1.82, 2.24) is 31.2 Å². The normalized spacial score (nSPS) is 28.6. The molecule has 5 amide bonds. The summed E-state index contributed by atoms with van der Waals surface area (Å²) in [5, 5.41) is 11.8. The highest BCUT2D eigenvalue weighted by molar-refractivity contribution is 6.38. The molecule has 11 nitrogen and oxygen atoms in total. The van der Waals surface area contributed by atoms with Crippen molar-refractivity contribution in [2.75, 3.05) is 13.1 Å². The van der Waals surface area contributed by atoms with Gasteiger partial charge in [-0.25, -0.2) is 4.79 Å². The Bertz CT molecular complexity index is 1360. The van der Waals surface area contributed by atoms with Gasteiger partial charge in [-0.3, -0.25) is 24.2 Å². The Hall–Kier alpha value is -3.76. The van der Waals surface area contributed by atoms with E-state index in [1.807, 2.05) is 18.2 Å². The van der Waals surface area contributed by atoms with Gasteiger partial charge in [0.05, 0.1) is 6.04 Å². The maximum atomic E-state index is 14.4. The number of carbonyl (C=O) groups is 5. The molecule has 0 radical (unpaired) electrons. The maximum Gasteiger partial charge on any atom is 0.315 e. The summed E-state index contributed by atoms with van der Waals surface area (Å²) in [6.07, 6.45) is 15.9. The van der Waals surface area contributed by atoms with E-state index in [0.717, 1.165) is 76.3 Å². The van der Waals surface area contributed by atoms with E-state index in [4.69, 9.17) is 0 Å². The fourth-order valence-electron chi connectivity index (χ4n) is 8.65. The van der Waals surface area contributed by atoms with Crippen molar-refractivity contribution in [2.24, 2.45) is 17.3 Å². The van der Waals surface area contributed by atoms with Crippen molar-refractivity contribution in [3.8, 4) is 0 Å². The van der Waals surface area contributed by atoms with Gasteiger partial charge in [0.25, 0.3) is 5.91 Å². The Kier molecular flexibility index (Phi) is 12.1. The molecule has 0 unspecified atom stereocenters. The highest BCUT2D eigenvalue weighted by atomic mass is 16.2. The number of Topliss-reactive ketones (excluding diaryl/α,β-unsaturated/α-hetero) is 1. The molecule has 2 aliphatic heterocycles. The van der Waals surface area contributed by atoms with Gasteiger partial charge in [-0.05, 0) is 55.1 Å². The van der Waals surface area contributed by atoms with Gasteiger partial charge in [0.2, 0.25) is 17.6 Å². The van der Waals surface area contributed by atoms with Crippen LogP contribution in [0.3, 0.4) is 0 Å². The van der Waals surface area contributed by atoms with Crippen LogP contribution in [0, 0.1) is 17.3 Å². The van der Waals surface area contributed by atoms with Crippen molar-refractivity contribution >= 4 is 29.5 Å². The monoisotopic (exact) mass is 676 g/mol. The SMILES string of the molecule is C=CCNC(=O)C(=O)[C@H]1CCCCCCCCC[C@@H](NC(=O)NC2(Cc3ccccn3)CCCCC2)C(=O)N2C[C@H]3[C@@H]([C@H]2C(=O)N1)C3(C)C. The maximum absolute atomic E-state index is 14.4. The summed E-state index contributed by atoms with van der Waals surface area (Å²) in [5.41, 5.74) is 0.340. The van der Waals surface area contributed by atoms with E-state index in [0.29, 0.717) is 32.2 Å². The molecule has 0 spiro atoms. The van der Waals surface area contributed by atoms with Crippen molar-refractivity contribution in [1.29, 1.82) is 0 Å². The first-order valence-corrected chi connectivity index (χ1v) is 18.6. The number of fused-ring (bicyclic) bond motifs is 3. The van der Waals surface area contributed by atoms with Crippen LogP contribution in [-0.4, -0.2) is 76.2 Å². The molecule has 2 saturated carbocycles. The van der Waals surface area contributed by atoms with Gasteiger partial charge in [0.1, 0.15) is 12.1 Å². The van der Waals surface area contributed by atoms with Gasteiger partial charge in [0.15, 0.2) is 0 Å². The smallest absolute Gasteiger partial charge is 0.315 e. The van der Waals surface area contributed by atoms with Crippen LogP contribution in [0.15, 0.2) is 37.1 Å². The standard InChI is InChI=1S/C38H56N6O5/c1-4-22-40-34(47)32(45)28-18-11-8-6-5-7-9-12-19-29(35(48)44-25-27-30(37(27,2)3)31(44)33(46)41-28)42-36(49)43-38(20-14-10-15-21-38)24-26-17-13-16-23-39-26/h4,13,16-17,23,27-31H,1,5-12,14-15,18-22,24-25H2,2-3H3,(H,40,47)(H,41,46)(H2,42,43,49)/t27-,28+,29+,30-,31-/m0/s1. The number of hydrogen-bond donors (Lipinski definition) is 4. The predicted octanol–water partition coefficient (Wildman–Crippen LogP) is 4.36. The number of rotatable bonds is 8. The Morgan fingerprint density at radius 1 is 0.980 bits per heavy atom. The molecule has 4 aliphatic rings.